The molecule has 5 nitrogen and oxygen atoms in total. The number of rotatable bonds is 3. The Morgan fingerprint density at radius 3 is 2.74 bits per heavy atom. The zero-order chi connectivity index (χ0) is 13.2. The van der Waals surface area contributed by atoms with E-state index < -0.39 is 0 Å². The molecule has 1 aromatic heterocycles. The summed E-state index contributed by atoms with van der Waals surface area (Å²) in [5.74, 6) is -0.107. The van der Waals surface area contributed by atoms with Crippen LogP contribution in [0.15, 0.2) is 29.1 Å². The fourth-order valence-electron chi connectivity index (χ4n) is 2.49. The maximum atomic E-state index is 12.3. The number of hydrogen-bond acceptors (Lipinski definition) is 4. The maximum absolute atomic E-state index is 12.3. The highest BCUT2D eigenvalue weighted by Crippen LogP contribution is 2.26. The van der Waals surface area contributed by atoms with Crippen molar-refractivity contribution in [2.75, 3.05) is 19.8 Å². The monoisotopic (exact) mass is 261 g/mol. The molecule has 0 bridgehead atoms. The fourth-order valence-corrected chi connectivity index (χ4v) is 2.49. The van der Waals surface area contributed by atoms with Crippen LogP contribution >= 0.6 is 0 Å². The topological polar surface area (TPSA) is 59.8 Å². The number of amides is 2. The van der Waals surface area contributed by atoms with Gasteiger partial charge in [0.05, 0.1) is 18.1 Å². The SMILES string of the molecule is O=C1C=C(c2ccoc2)C(=O)N1CC1CCOCC1. The first-order valence-corrected chi connectivity index (χ1v) is 6.43. The lowest BCUT2D eigenvalue weighted by atomic mass is 9.99. The summed E-state index contributed by atoms with van der Waals surface area (Å²) >= 11 is 0. The molecule has 1 aromatic rings. The van der Waals surface area contributed by atoms with Gasteiger partial charge in [-0.2, -0.15) is 0 Å². The largest absolute Gasteiger partial charge is 0.472 e. The average molecular weight is 261 g/mol. The first-order chi connectivity index (χ1) is 9.25. The fraction of sp³-hybridized carbons (Fsp3) is 0.429. The molecule has 2 aliphatic rings. The molecule has 0 atom stereocenters. The van der Waals surface area contributed by atoms with E-state index in [1.165, 1.54) is 23.5 Å². The van der Waals surface area contributed by atoms with Gasteiger partial charge in [-0.25, -0.2) is 0 Å². The predicted octanol–water partition coefficient (Wildman–Crippen LogP) is 1.46. The van der Waals surface area contributed by atoms with Crippen LogP contribution in [0.4, 0.5) is 0 Å². The minimum atomic E-state index is -0.229. The predicted molar refractivity (Wildman–Crippen MR) is 66.9 cm³/mol. The zero-order valence-electron chi connectivity index (χ0n) is 10.5. The number of carbonyl (C=O) groups is 2. The van der Waals surface area contributed by atoms with E-state index in [1.807, 2.05) is 0 Å². The molecule has 1 fully saturated rings. The van der Waals surface area contributed by atoms with Crippen LogP contribution < -0.4 is 0 Å². The van der Waals surface area contributed by atoms with E-state index in [-0.39, 0.29) is 11.8 Å². The van der Waals surface area contributed by atoms with Crippen LogP contribution in [0.25, 0.3) is 5.57 Å². The second kappa shape index (κ2) is 5.01. The number of carbonyl (C=O) groups excluding carboxylic acids is 2. The van der Waals surface area contributed by atoms with Gasteiger partial charge in [-0.3, -0.25) is 14.5 Å². The van der Waals surface area contributed by atoms with Crippen LogP contribution in [0.3, 0.4) is 0 Å². The van der Waals surface area contributed by atoms with E-state index in [0.29, 0.717) is 36.8 Å². The summed E-state index contributed by atoms with van der Waals surface area (Å²) < 4.78 is 10.2. The van der Waals surface area contributed by atoms with E-state index in [4.69, 9.17) is 9.15 Å². The van der Waals surface area contributed by atoms with Crippen LogP contribution in [0.2, 0.25) is 0 Å². The van der Waals surface area contributed by atoms with Gasteiger partial charge in [-0.05, 0) is 24.8 Å². The molecular formula is C14H15NO4. The Kier molecular flexibility index (Phi) is 3.21. The average Bonchev–Trinajstić information content (AvgIpc) is 3.03. The van der Waals surface area contributed by atoms with Crippen molar-refractivity contribution in [3.05, 3.63) is 30.2 Å². The molecule has 100 valence electrons. The Labute approximate surface area is 110 Å². The lowest BCUT2D eigenvalue weighted by Gasteiger charge is -2.26. The Balaban J connectivity index is 1.72. The number of ether oxygens (including phenoxy) is 1. The normalized spacial score (nSPS) is 21.1. The standard InChI is InChI=1S/C14H15NO4/c16-13-7-12(11-3-6-19-9-11)14(17)15(13)8-10-1-4-18-5-2-10/h3,6-7,9-10H,1-2,4-5,8H2. The van der Waals surface area contributed by atoms with Crippen LogP contribution in [-0.4, -0.2) is 36.5 Å². The van der Waals surface area contributed by atoms with Gasteiger partial charge in [0.1, 0.15) is 0 Å². The van der Waals surface area contributed by atoms with Crippen molar-refractivity contribution in [2.24, 2.45) is 5.92 Å². The maximum Gasteiger partial charge on any atom is 0.261 e. The summed E-state index contributed by atoms with van der Waals surface area (Å²) in [7, 11) is 0. The minimum Gasteiger partial charge on any atom is -0.472 e. The molecule has 0 saturated carbocycles. The first-order valence-electron chi connectivity index (χ1n) is 6.43. The Morgan fingerprint density at radius 1 is 1.26 bits per heavy atom. The summed E-state index contributed by atoms with van der Waals surface area (Å²) in [5, 5.41) is 0. The highest BCUT2D eigenvalue weighted by Gasteiger charge is 2.33. The van der Waals surface area contributed by atoms with E-state index in [2.05, 4.69) is 0 Å². The molecule has 1 saturated heterocycles. The molecular weight excluding hydrogens is 246 g/mol. The molecule has 19 heavy (non-hydrogen) atoms. The van der Waals surface area contributed by atoms with E-state index in [0.717, 1.165) is 12.8 Å². The third kappa shape index (κ3) is 2.33. The third-order valence-electron chi connectivity index (χ3n) is 3.62. The van der Waals surface area contributed by atoms with Crippen LogP contribution in [-0.2, 0) is 14.3 Å². The number of hydrogen-bond donors (Lipinski definition) is 0. The Morgan fingerprint density at radius 2 is 2.05 bits per heavy atom. The van der Waals surface area contributed by atoms with Gasteiger partial charge < -0.3 is 9.15 Å². The number of imide groups is 1. The van der Waals surface area contributed by atoms with Gasteiger partial charge in [0, 0.05) is 31.4 Å². The summed E-state index contributed by atoms with van der Waals surface area (Å²) in [6.07, 6.45) is 6.17. The Hall–Kier alpha value is -1.88. The van der Waals surface area contributed by atoms with Gasteiger partial charge in [0.15, 0.2) is 0 Å². The smallest absolute Gasteiger partial charge is 0.261 e. The van der Waals surface area contributed by atoms with Gasteiger partial charge in [-0.15, -0.1) is 0 Å². The van der Waals surface area contributed by atoms with Crippen molar-refractivity contribution in [3.63, 3.8) is 0 Å². The quantitative estimate of drug-likeness (QED) is 0.773. The second-order valence-electron chi connectivity index (χ2n) is 4.88. The number of nitrogens with zero attached hydrogens (tertiary/aromatic N) is 1. The van der Waals surface area contributed by atoms with Gasteiger partial charge in [0.25, 0.3) is 11.8 Å². The highest BCUT2D eigenvalue weighted by molar-refractivity contribution is 6.33. The summed E-state index contributed by atoms with van der Waals surface area (Å²) in [6, 6.07) is 1.69. The lowest BCUT2D eigenvalue weighted by molar-refractivity contribution is -0.137. The van der Waals surface area contributed by atoms with Crippen LogP contribution in [0.1, 0.15) is 18.4 Å². The molecule has 0 N–H and O–H groups in total. The van der Waals surface area contributed by atoms with Crippen molar-refractivity contribution in [1.82, 2.24) is 4.90 Å². The van der Waals surface area contributed by atoms with Crippen LogP contribution in [0, 0.1) is 5.92 Å². The second-order valence-corrected chi connectivity index (χ2v) is 4.88. The van der Waals surface area contributed by atoms with Gasteiger partial charge in [-0.1, -0.05) is 0 Å². The van der Waals surface area contributed by atoms with Crippen molar-refractivity contribution >= 4 is 17.4 Å². The minimum absolute atomic E-state index is 0.224. The molecule has 5 heteroatoms. The van der Waals surface area contributed by atoms with Gasteiger partial charge >= 0.3 is 0 Å². The van der Waals surface area contributed by atoms with E-state index in [9.17, 15) is 9.59 Å². The van der Waals surface area contributed by atoms with E-state index in [1.54, 1.807) is 6.07 Å². The molecule has 3 heterocycles. The van der Waals surface area contributed by atoms with Gasteiger partial charge in [0.2, 0.25) is 0 Å². The highest BCUT2D eigenvalue weighted by atomic mass is 16.5. The Bertz CT molecular complexity index is 512. The summed E-state index contributed by atoms with van der Waals surface area (Å²) in [5.41, 5.74) is 1.08. The number of furan rings is 1. The van der Waals surface area contributed by atoms with Crippen molar-refractivity contribution in [2.45, 2.75) is 12.8 Å². The molecule has 2 amide bonds. The molecule has 0 aromatic carbocycles. The molecule has 0 aliphatic carbocycles. The first kappa shape index (κ1) is 12.2. The molecule has 3 rings (SSSR count). The van der Waals surface area contributed by atoms with Crippen LogP contribution in [0.5, 0.6) is 0 Å². The van der Waals surface area contributed by atoms with Crippen molar-refractivity contribution in [3.8, 4) is 0 Å². The van der Waals surface area contributed by atoms with Crippen molar-refractivity contribution < 1.29 is 18.7 Å². The molecule has 0 radical (unpaired) electrons. The summed E-state index contributed by atoms with van der Waals surface area (Å²) in [4.78, 5) is 25.5. The van der Waals surface area contributed by atoms with Crippen molar-refractivity contribution in [1.29, 1.82) is 0 Å². The van der Waals surface area contributed by atoms with E-state index >= 15 is 0 Å². The molecule has 2 aliphatic heterocycles. The third-order valence-corrected chi connectivity index (χ3v) is 3.62. The lowest BCUT2D eigenvalue weighted by Crippen LogP contribution is -2.37. The molecule has 0 spiro atoms. The summed E-state index contributed by atoms with van der Waals surface area (Å²) in [6.45, 7) is 1.91. The zero-order valence-corrected chi connectivity index (χ0v) is 10.5. The molecule has 0 unspecified atom stereocenters.